The molecule has 0 aromatic carbocycles. The molecule has 118 valence electrons. The number of amides is 1. The molecule has 0 saturated carbocycles. The van der Waals surface area contributed by atoms with Crippen LogP contribution in [-0.4, -0.2) is 20.7 Å². The van der Waals surface area contributed by atoms with E-state index in [4.69, 9.17) is 0 Å². The van der Waals surface area contributed by atoms with Gasteiger partial charge in [0.2, 0.25) is 0 Å². The second-order valence-corrected chi connectivity index (χ2v) is 6.93. The lowest BCUT2D eigenvalue weighted by molar-refractivity contribution is 0.0953. The van der Waals surface area contributed by atoms with Crippen molar-refractivity contribution in [2.24, 2.45) is 5.92 Å². The Morgan fingerprint density at radius 3 is 3.14 bits per heavy atom. The number of thiophene rings is 1. The van der Waals surface area contributed by atoms with Gasteiger partial charge in [-0.15, -0.1) is 21.5 Å². The van der Waals surface area contributed by atoms with Gasteiger partial charge in [-0.1, -0.05) is 13.3 Å². The van der Waals surface area contributed by atoms with E-state index >= 15 is 0 Å². The minimum atomic E-state index is -0.00176. The first kappa shape index (κ1) is 15.2. The summed E-state index contributed by atoms with van der Waals surface area (Å²) >= 11 is 1.65. The van der Waals surface area contributed by atoms with Crippen molar-refractivity contribution < 1.29 is 4.79 Å². The molecule has 0 saturated heterocycles. The summed E-state index contributed by atoms with van der Waals surface area (Å²) in [4.78, 5) is 14.6. The number of aryl methyl sites for hydroxylation is 2. The lowest BCUT2D eigenvalue weighted by atomic mass is 9.87. The highest BCUT2D eigenvalue weighted by Crippen LogP contribution is 2.33. The number of fused-ring (bicyclic) bond motifs is 1. The van der Waals surface area contributed by atoms with E-state index in [-0.39, 0.29) is 5.91 Å². The summed E-state index contributed by atoms with van der Waals surface area (Å²) in [6.07, 6.45) is 6.42. The molecular formula is C16H22N4OS. The molecule has 2 aromatic rings. The van der Waals surface area contributed by atoms with Crippen molar-refractivity contribution in [1.29, 1.82) is 0 Å². The van der Waals surface area contributed by atoms with Crippen LogP contribution in [0.2, 0.25) is 0 Å². The van der Waals surface area contributed by atoms with Gasteiger partial charge < -0.3 is 9.88 Å². The van der Waals surface area contributed by atoms with Crippen LogP contribution < -0.4 is 5.32 Å². The Labute approximate surface area is 134 Å². The van der Waals surface area contributed by atoms with Gasteiger partial charge in [-0.2, -0.15) is 0 Å². The third kappa shape index (κ3) is 3.06. The molecule has 3 rings (SSSR count). The summed E-state index contributed by atoms with van der Waals surface area (Å²) in [6, 6.07) is 2.09. The summed E-state index contributed by atoms with van der Waals surface area (Å²) in [6.45, 7) is 5.52. The van der Waals surface area contributed by atoms with Gasteiger partial charge in [0.05, 0.1) is 11.4 Å². The highest BCUT2D eigenvalue weighted by Gasteiger charge is 2.22. The molecule has 2 heterocycles. The Bertz CT molecular complexity index is 661. The Morgan fingerprint density at radius 1 is 1.50 bits per heavy atom. The topological polar surface area (TPSA) is 59.8 Å². The highest BCUT2D eigenvalue weighted by molar-refractivity contribution is 7.14. The van der Waals surface area contributed by atoms with Gasteiger partial charge in [0.1, 0.15) is 6.33 Å². The van der Waals surface area contributed by atoms with Crippen LogP contribution >= 0.6 is 11.3 Å². The zero-order valence-corrected chi connectivity index (χ0v) is 13.9. The first-order valence-electron chi connectivity index (χ1n) is 7.97. The monoisotopic (exact) mass is 318 g/mol. The van der Waals surface area contributed by atoms with Gasteiger partial charge in [-0.05, 0) is 43.7 Å². The lowest BCUT2D eigenvalue weighted by Crippen LogP contribution is -2.23. The molecule has 2 aromatic heterocycles. The Kier molecular flexibility index (Phi) is 4.57. The molecule has 22 heavy (non-hydrogen) atoms. The summed E-state index contributed by atoms with van der Waals surface area (Å²) in [5, 5.41) is 10.9. The maximum absolute atomic E-state index is 12.4. The second kappa shape index (κ2) is 6.60. The molecule has 5 nitrogen and oxygen atoms in total. The standard InChI is InChI=1S/C16H22N4OS/c1-3-11-5-6-13-12(7-11)8-14(22-13)16(21)17-9-15-19-18-10-20(15)4-2/h8,10-11H,3-7,9H2,1-2H3,(H,17,21)/t11-/m0/s1. The van der Waals surface area contributed by atoms with Crippen molar-refractivity contribution in [1.82, 2.24) is 20.1 Å². The zero-order valence-electron chi connectivity index (χ0n) is 13.1. The minimum Gasteiger partial charge on any atom is -0.344 e. The van der Waals surface area contributed by atoms with Gasteiger partial charge in [0.15, 0.2) is 5.82 Å². The van der Waals surface area contributed by atoms with Crippen LogP contribution in [0.3, 0.4) is 0 Å². The number of hydrogen-bond acceptors (Lipinski definition) is 4. The number of carbonyl (C=O) groups excluding carboxylic acids is 1. The maximum atomic E-state index is 12.4. The lowest BCUT2D eigenvalue weighted by Gasteiger charge is -2.19. The number of aromatic nitrogens is 3. The normalized spacial score (nSPS) is 17.3. The fourth-order valence-corrected chi connectivity index (χ4v) is 4.11. The zero-order chi connectivity index (χ0) is 15.5. The van der Waals surface area contributed by atoms with Crippen LogP contribution in [-0.2, 0) is 25.9 Å². The number of nitrogens with zero attached hydrogens (tertiary/aromatic N) is 3. The molecule has 1 amide bonds. The fraction of sp³-hybridized carbons (Fsp3) is 0.562. The van der Waals surface area contributed by atoms with E-state index in [1.54, 1.807) is 17.7 Å². The summed E-state index contributed by atoms with van der Waals surface area (Å²) in [5.74, 6) is 1.57. The molecule has 1 atom stereocenters. The molecule has 0 bridgehead atoms. The molecular weight excluding hydrogens is 296 g/mol. The first-order chi connectivity index (χ1) is 10.7. The van der Waals surface area contributed by atoms with Gasteiger partial charge in [0, 0.05) is 11.4 Å². The highest BCUT2D eigenvalue weighted by atomic mass is 32.1. The second-order valence-electron chi connectivity index (χ2n) is 5.79. The smallest absolute Gasteiger partial charge is 0.261 e. The van der Waals surface area contributed by atoms with Crippen molar-refractivity contribution >= 4 is 17.2 Å². The van der Waals surface area contributed by atoms with Crippen LogP contribution in [0, 0.1) is 5.92 Å². The van der Waals surface area contributed by atoms with Gasteiger partial charge in [-0.3, -0.25) is 4.79 Å². The predicted octanol–water partition coefficient (Wildman–Crippen LogP) is 2.80. The summed E-state index contributed by atoms with van der Waals surface area (Å²) < 4.78 is 1.94. The SMILES string of the molecule is CC[C@H]1CCc2sc(C(=O)NCc3nncn3CC)cc2C1. The van der Waals surface area contributed by atoms with Crippen molar-refractivity contribution in [2.45, 2.75) is 52.6 Å². The summed E-state index contributed by atoms with van der Waals surface area (Å²) in [7, 11) is 0. The molecule has 6 heteroatoms. The van der Waals surface area contributed by atoms with E-state index in [9.17, 15) is 4.79 Å². The third-order valence-electron chi connectivity index (χ3n) is 4.43. The molecule has 0 aliphatic heterocycles. The van der Waals surface area contributed by atoms with E-state index in [1.165, 1.54) is 23.3 Å². The minimum absolute atomic E-state index is 0.00176. The molecule has 0 fully saturated rings. The van der Waals surface area contributed by atoms with E-state index < -0.39 is 0 Å². The molecule has 1 aliphatic rings. The van der Waals surface area contributed by atoms with E-state index in [0.29, 0.717) is 6.54 Å². The average Bonchev–Trinajstić information content (AvgIpc) is 3.17. The average molecular weight is 318 g/mol. The van der Waals surface area contributed by atoms with Gasteiger partial charge in [0.25, 0.3) is 5.91 Å². The predicted molar refractivity (Wildman–Crippen MR) is 87.0 cm³/mol. The number of carbonyl (C=O) groups is 1. The van der Waals surface area contributed by atoms with Crippen molar-refractivity contribution in [3.05, 3.63) is 33.5 Å². The number of hydrogen-bond donors (Lipinski definition) is 1. The quantitative estimate of drug-likeness (QED) is 0.922. The molecule has 1 N–H and O–H groups in total. The van der Waals surface area contributed by atoms with Crippen molar-refractivity contribution in [2.75, 3.05) is 0 Å². The van der Waals surface area contributed by atoms with Crippen LogP contribution in [0.1, 0.15) is 52.6 Å². The largest absolute Gasteiger partial charge is 0.344 e. The third-order valence-corrected chi connectivity index (χ3v) is 5.67. The van der Waals surface area contributed by atoms with E-state index in [0.717, 1.165) is 36.0 Å². The van der Waals surface area contributed by atoms with Crippen LogP contribution in [0.4, 0.5) is 0 Å². The molecule has 0 spiro atoms. The van der Waals surface area contributed by atoms with Gasteiger partial charge >= 0.3 is 0 Å². The Morgan fingerprint density at radius 2 is 2.36 bits per heavy atom. The van der Waals surface area contributed by atoms with Crippen molar-refractivity contribution in [3.8, 4) is 0 Å². The Balaban J connectivity index is 1.65. The fourth-order valence-electron chi connectivity index (χ4n) is 2.99. The van der Waals surface area contributed by atoms with Crippen LogP contribution in [0.5, 0.6) is 0 Å². The maximum Gasteiger partial charge on any atom is 0.261 e. The first-order valence-corrected chi connectivity index (χ1v) is 8.79. The Hall–Kier alpha value is -1.69. The summed E-state index contributed by atoms with van der Waals surface area (Å²) in [5.41, 5.74) is 1.38. The number of rotatable bonds is 5. The van der Waals surface area contributed by atoms with E-state index in [2.05, 4.69) is 28.5 Å². The van der Waals surface area contributed by atoms with Gasteiger partial charge in [-0.25, -0.2) is 0 Å². The molecule has 0 unspecified atom stereocenters. The molecule has 0 radical (unpaired) electrons. The van der Waals surface area contributed by atoms with E-state index in [1.807, 2.05) is 11.5 Å². The molecule has 1 aliphatic carbocycles. The van der Waals surface area contributed by atoms with Crippen LogP contribution in [0.25, 0.3) is 0 Å². The number of nitrogens with one attached hydrogen (secondary N) is 1. The van der Waals surface area contributed by atoms with Crippen molar-refractivity contribution in [3.63, 3.8) is 0 Å². The van der Waals surface area contributed by atoms with Crippen LogP contribution in [0.15, 0.2) is 12.4 Å².